The topological polar surface area (TPSA) is 12.0 Å². The molecule has 0 atom stereocenters. The van der Waals surface area contributed by atoms with Crippen LogP contribution in [0, 0.1) is 0 Å². The summed E-state index contributed by atoms with van der Waals surface area (Å²) in [6, 6.07) is 2.16. The Bertz CT molecular complexity index is 231. The molecule has 0 saturated heterocycles. The summed E-state index contributed by atoms with van der Waals surface area (Å²) in [6.45, 7) is 5.61. The molecule has 0 unspecified atom stereocenters. The van der Waals surface area contributed by atoms with Gasteiger partial charge in [0.2, 0.25) is 0 Å². The zero-order chi connectivity index (χ0) is 8.81. The SMILES string of the molecule is C=C(Br)CNCCc1ccsc1. The Kier molecular flexibility index (Phi) is 4.58. The van der Waals surface area contributed by atoms with E-state index in [1.165, 1.54) is 5.56 Å². The normalized spacial score (nSPS) is 10.1. The van der Waals surface area contributed by atoms with E-state index in [1.807, 2.05) is 0 Å². The predicted molar refractivity (Wildman–Crippen MR) is 59.0 cm³/mol. The lowest BCUT2D eigenvalue weighted by Gasteiger charge is -2.00. The molecule has 0 aliphatic carbocycles. The van der Waals surface area contributed by atoms with E-state index < -0.39 is 0 Å². The van der Waals surface area contributed by atoms with Crippen LogP contribution in [-0.2, 0) is 6.42 Å². The molecule has 0 amide bonds. The Labute approximate surface area is 85.6 Å². The number of rotatable bonds is 5. The number of hydrogen-bond donors (Lipinski definition) is 1. The van der Waals surface area contributed by atoms with Crippen LogP contribution in [0.5, 0.6) is 0 Å². The zero-order valence-electron chi connectivity index (χ0n) is 6.85. The molecule has 1 nitrogen and oxygen atoms in total. The first-order valence-corrected chi connectivity index (χ1v) is 5.57. The van der Waals surface area contributed by atoms with E-state index in [1.54, 1.807) is 11.3 Å². The van der Waals surface area contributed by atoms with Crippen LogP contribution in [0.3, 0.4) is 0 Å². The monoisotopic (exact) mass is 245 g/mol. The van der Waals surface area contributed by atoms with Gasteiger partial charge in [-0.25, -0.2) is 0 Å². The maximum atomic E-state index is 3.75. The number of thiophene rings is 1. The highest BCUT2D eigenvalue weighted by Crippen LogP contribution is 2.05. The second-order valence-corrected chi connectivity index (χ2v) is 4.48. The van der Waals surface area contributed by atoms with Crippen molar-refractivity contribution < 1.29 is 0 Å². The molecule has 1 rings (SSSR count). The van der Waals surface area contributed by atoms with Crippen molar-refractivity contribution in [2.75, 3.05) is 13.1 Å². The Morgan fingerprint density at radius 2 is 2.50 bits per heavy atom. The quantitative estimate of drug-likeness (QED) is 0.788. The van der Waals surface area contributed by atoms with E-state index in [0.717, 1.165) is 24.0 Å². The molecule has 0 bridgehead atoms. The van der Waals surface area contributed by atoms with E-state index in [9.17, 15) is 0 Å². The van der Waals surface area contributed by atoms with Crippen LogP contribution in [-0.4, -0.2) is 13.1 Å². The minimum atomic E-state index is 0.851. The van der Waals surface area contributed by atoms with Gasteiger partial charge in [0.15, 0.2) is 0 Å². The fraction of sp³-hybridized carbons (Fsp3) is 0.333. The van der Waals surface area contributed by atoms with Crippen molar-refractivity contribution in [1.82, 2.24) is 5.32 Å². The van der Waals surface area contributed by atoms with Gasteiger partial charge in [-0.05, 0) is 35.4 Å². The van der Waals surface area contributed by atoms with Gasteiger partial charge in [0.1, 0.15) is 0 Å². The summed E-state index contributed by atoms with van der Waals surface area (Å²) in [5, 5.41) is 7.58. The summed E-state index contributed by atoms with van der Waals surface area (Å²) in [5.41, 5.74) is 1.41. The van der Waals surface area contributed by atoms with E-state index in [2.05, 4.69) is 44.7 Å². The number of halogens is 1. The van der Waals surface area contributed by atoms with Gasteiger partial charge in [-0.15, -0.1) is 0 Å². The molecule has 1 aromatic rings. The minimum Gasteiger partial charge on any atom is -0.312 e. The standard InChI is InChI=1S/C9H12BrNS/c1-8(10)6-11-4-2-9-3-5-12-7-9/h3,5,7,11H,1-2,4,6H2. The summed E-state index contributed by atoms with van der Waals surface area (Å²) in [5.74, 6) is 0. The molecule has 0 aliphatic rings. The first-order valence-electron chi connectivity index (χ1n) is 3.84. The molecule has 0 aromatic carbocycles. The highest BCUT2D eigenvalue weighted by Gasteiger charge is 1.92. The van der Waals surface area contributed by atoms with Crippen LogP contribution in [0.4, 0.5) is 0 Å². The van der Waals surface area contributed by atoms with Crippen LogP contribution >= 0.6 is 27.3 Å². The second-order valence-electron chi connectivity index (χ2n) is 2.58. The Morgan fingerprint density at radius 1 is 1.67 bits per heavy atom. The van der Waals surface area contributed by atoms with Gasteiger partial charge in [-0.2, -0.15) is 11.3 Å². The third-order valence-corrected chi connectivity index (χ3v) is 2.50. The zero-order valence-corrected chi connectivity index (χ0v) is 9.25. The van der Waals surface area contributed by atoms with Gasteiger partial charge in [0.05, 0.1) is 0 Å². The molecule has 0 aliphatic heterocycles. The lowest BCUT2D eigenvalue weighted by atomic mass is 10.2. The number of nitrogens with one attached hydrogen (secondary N) is 1. The molecule has 3 heteroatoms. The summed E-state index contributed by atoms with van der Waals surface area (Å²) in [7, 11) is 0. The third-order valence-electron chi connectivity index (χ3n) is 1.49. The van der Waals surface area contributed by atoms with E-state index in [0.29, 0.717) is 0 Å². The third kappa shape index (κ3) is 4.04. The van der Waals surface area contributed by atoms with Crippen molar-refractivity contribution >= 4 is 27.3 Å². The summed E-state index contributed by atoms with van der Waals surface area (Å²) >= 11 is 5.05. The largest absolute Gasteiger partial charge is 0.312 e. The summed E-state index contributed by atoms with van der Waals surface area (Å²) < 4.78 is 1.01. The lowest BCUT2D eigenvalue weighted by molar-refractivity contribution is 0.743. The van der Waals surface area contributed by atoms with Gasteiger partial charge in [0, 0.05) is 11.0 Å². The molecule has 0 saturated carbocycles. The molecule has 1 N–H and O–H groups in total. The van der Waals surface area contributed by atoms with Crippen LogP contribution in [0.25, 0.3) is 0 Å². The first kappa shape index (κ1) is 9.96. The fourth-order valence-corrected chi connectivity index (χ4v) is 1.79. The van der Waals surface area contributed by atoms with Crippen LogP contribution < -0.4 is 5.32 Å². The second kappa shape index (κ2) is 5.51. The maximum Gasteiger partial charge on any atom is 0.0265 e. The Hall–Kier alpha value is -0.120. The van der Waals surface area contributed by atoms with Crippen molar-refractivity contribution in [3.05, 3.63) is 33.5 Å². The molecule has 12 heavy (non-hydrogen) atoms. The molecular formula is C9H12BrNS. The molecule has 0 spiro atoms. The van der Waals surface area contributed by atoms with Gasteiger partial charge in [-0.3, -0.25) is 0 Å². The van der Waals surface area contributed by atoms with Crippen molar-refractivity contribution in [3.63, 3.8) is 0 Å². The fourth-order valence-electron chi connectivity index (χ4n) is 0.892. The minimum absolute atomic E-state index is 0.851. The molecule has 1 aromatic heterocycles. The summed E-state index contributed by atoms with van der Waals surface area (Å²) in [6.07, 6.45) is 1.10. The van der Waals surface area contributed by atoms with Gasteiger partial charge in [0.25, 0.3) is 0 Å². The molecule has 0 fully saturated rings. The van der Waals surface area contributed by atoms with Crippen LogP contribution in [0.1, 0.15) is 5.56 Å². The smallest absolute Gasteiger partial charge is 0.0265 e. The van der Waals surface area contributed by atoms with Crippen LogP contribution in [0.2, 0.25) is 0 Å². The lowest BCUT2D eigenvalue weighted by Crippen LogP contribution is -2.17. The van der Waals surface area contributed by atoms with Crippen molar-refractivity contribution in [2.45, 2.75) is 6.42 Å². The van der Waals surface area contributed by atoms with Gasteiger partial charge in [-0.1, -0.05) is 22.5 Å². The summed E-state index contributed by atoms with van der Waals surface area (Å²) in [4.78, 5) is 0. The number of hydrogen-bond acceptors (Lipinski definition) is 2. The van der Waals surface area contributed by atoms with E-state index in [4.69, 9.17) is 0 Å². The average Bonchev–Trinajstić information content (AvgIpc) is 2.49. The van der Waals surface area contributed by atoms with Crippen molar-refractivity contribution in [3.8, 4) is 0 Å². The van der Waals surface area contributed by atoms with Crippen molar-refractivity contribution in [2.24, 2.45) is 0 Å². The predicted octanol–water partition coefficient (Wildman–Crippen LogP) is 2.79. The first-order chi connectivity index (χ1) is 5.79. The van der Waals surface area contributed by atoms with E-state index >= 15 is 0 Å². The van der Waals surface area contributed by atoms with E-state index in [-0.39, 0.29) is 0 Å². The van der Waals surface area contributed by atoms with Crippen LogP contribution in [0.15, 0.2) is 27.9 Å². The highest BCUT2D eigenvalue weighted by molar-refractivity contribution is 9.11. The Balaban J connectivity index is 2.07. The van der Waals surface area contributed by atoms with Crippen molar-refractivity contribution in [1.29, 1.82) is 0 Å². The molecule has 66 valence electrons. The average molecular weight is 246 g/mol. The molecule has 0 radical (unpaired) electrons. The Morgan fingerprint density at radius 3 is 3.08 bits per heavy atom. The highest BCUT2D eigenvalue weighted by atomic mass is 79.9. The molecular weight excluding hydrogens is 234 g/mol. The van der Waals surface area contributed by atoms with Gasteiger partial charge < -0.3 is 5.32 Å². The molecule has 1 heterocycles. The maximum absolute atomic E-state index is 3.75. The van der Waals surface area contributed by atoms with Gasteiger partial charge >= 0.3 is 0 Å².